The minimum absolute atomic E-state index is 0.0251. The molecular weight excluding hydrogens is 258 g/mol. The van der Waals surface area contributed by atoms with Crippen LogP contribution in [0, 0.1) is 5.92 Å². The summed E-state index contributed by atoms with van der Waals surface area (Å²) in [5.74, 6) is 0.537. The fraction of sp³-hybridized carbons (Fsp3) is 0.533. The van der Waals surface area contributed by atoms with E-state index < -0.39 is 12.0 Å². The summed E-state index contributed by atoms with van der Waals surface area (Å²) in [5, 5.41) is 12.2. The van der Waals surface area contributed by atoms with E-state index in [1.165, 1.54) is 0 Å². The summed E-state index contributed by atoms with van der Waals surface area (Å²) in [6, 6.07) is 5.04. The van der Waals surface area contributed by atoms with Crippen molar-refractivity contribution in [3.8, 4) is 11.5 Å². The summed E-state index contributed by atoms with van der Waals surface area (Å²) in [6.07, 6.45) is 0. The van der Waals surface area contributed by atoms with Gasteiger partial charge in [0.1, 0.15) is 6.04 Å². The standard InChI is InChI=1S/C15H23NO4/c1-5-20-12-7-6-11(8-13(12)19-4)9-16-14(10(2)3)15(17)18/h6-8,10,14,16H,5,9H2,1-4H3,(H,17,18)/t14-/m0/s1. The number of ether oxygens (including phenoxy) is 2. The van der Waals surface area contributed by atoms with Crippen LogP contribution in [-0.4, -0.2) is 30.8 Å². The molecule has 5 heteroatoms. The molecule has 0 bridgehead atoms. The Balaban J connectivity index is 2.75. The molecule has 0 radical (unpaired) electrons. The number of hydrogen-bond acceptors (Lipinski definition) is 4. The third-order valence-electron chi connectivity index (χ3n) is 2.99. The average Bonchev–Trinajstić information content (AvgIpc) is 2.39. The van der Waals surface area contributed by atoms with Crippen molar-refractivity contribution in [1.82, 2.24) is 5.32 Å². The first-order chi connectivity index (χ1) is 9.49. The van der Waals surface area contributed by atoms with E-state index in [2.05, 4.69) is 5.32 Å². The van der Waals surface area contributed by atoms with E-state index >= 15 is 0 Å². The molecule has 0 aliphatic carbocycles. The van der Waals surface area contributed by atoms with E-state index in [0.717, 1.165) is 5.56 Å². The molecule has 0 unspecified atom stereocenters. The molecule has 20 heavy (non-hydrogen) atoms. The first-order valence-corrected chi connectivity index (χ1v) is 6.75. The zero-order chi connectivity index (χ0) is 15.1. The molecule has 2 N–H and O–H groups in total. The Hall–Kier alpha value is -1.75. The Morgan fingerprint density at radius 2 is 2.05 bits per heavy atom. The molecule has 1 atom stereocenters. The zero-order valence-electron chi connectivity index (χ0n) is 12.5. The van der Waals surface area contributed by atoms with Gasteiger partial charge in [-0.25, -0.2) is 0 Å². The van der Waals surface area contributed by atoms with Crippen LogP contribution in [0.3, 0.4) is 0 Å². The molecule has 0 saturated heterocycles. The van der Waals surface area contributed by atoms with Gasteiger partial charge in [-0.15, -0.1) is 0 Å². The number of methoxy groups -OCH3 is 1. The Labute approximate surface area is 119 Å². The summed E-state index contributed by atoms with van der Waals surface area (Å²) in [6.45, 7) is 6.71. The van der Waals surface area contributed by atoms with Gasteiger partial charge in [0.25, 0.3) is 0 Å². The van der Waals surface area contributed by atoms with E-state index in [4.69, 9.17) is 14.6 Å². The highest BCUT2D eigenvalue weighted by molar-refractivity contribution is 5.73. The number of nitrogens with one attached hydrogen (secondary N) is 1. The van der Waals surface area contributed by atoms with Crippen molar-refractivity contribution in [2.75, 3.05) is 13.7 Å². The van der Waals surface area contributed by atoms with Crippen LogP contribution in [0.1, 0.15) is 26.3 Å². The Morgan fingerprint density at radius 1 is 1.35 bits per heavy atom. The summed E-state index contributed by atoms with van der Waals surface area (Å²) in [7, 11) is 1.59. The molecule has 1 aromatic rings. The van der Waals surface area contributed by atoms with Crippen molar-refractivity contribution >= 4 is 5.97 Å². The highest BCUT2D eigenvalue weighted by atomic mass is 16.5. The summed E-state index contributed by atoms with van der Waals surface area (Å²) in [4.78, 5) is 11.1. The van der Waals surface area contributed by atoms with Gasteiger partial charge in [-0.05, 0) is 30.5 Å². The van der Waals surface area contributed by atoms with Crippen LogP contribution >= 0.6 is 0 Å². The van der Waals surface area contributed by atoms with Gasteiger partial charge in [0, 0.05) is 6.54 Å². The molecule has 0 saturated carbocycles. The van der Waals surface area contributed by atoms with Gasteiger partial charge in [-0.3, -0.25) is 4.79 Å². The van der Waals surface area contributed by atoms with Gasteiger partial charge in [0.05, 0.1) is 13.7 Å². The predicted molar refractivity (Wildman–Crippen MR) is 77.3 cm³/mol. The quantitative estimate of drug-likeness (QED) is 0.765. The summed E-state index contributed by atoms with van der Waals surface area (Å²) in [5.41, 5.74) is 0.956. The smallest absolute Gasteiger partial charge is 0.320 e. The highest BCUT2D eigenvalue weighted by Crippen LogP contribution is 2.28. The maximum Gasteiger partial charge on any atom is 0.320 e. The highest BCUT2D eigenvalue weighted by Gasteiger charge is 2.20. The van der Waals surface area contributed by atoms with Crippen LogP contribution in [0.4, 0.5) is 0 Å². The third kappa shape index (κ3) is 4.42. The Kier molecular flexibility index (Phi) is 6.31. The van der Waals surface area contributed by atoms with Crippen LogP contribution in [0.25, 0.3) is 0 Å². The van der Waals surface area contributed by atoms with Gasteiger partial charge in [0.15, 0.2) is 11.5 Å². The van der Waals surface area contributed by atoms with Crippen LogP contribution in [0.15, 0.2) is 18.2 Å². The molecule has 5 nitrogen and oxygen atoms in total. The normalized spacial score (nSPS) is 12.2. The summed E-state index contributed by atoms with van der Waals surface area (Å²) < 4.78 is 10.7. The number of carboxylic acids is 1. The van der Waals surface area contributed by atoms with E-state index in [9.17, 15) is 4.79 Å². The SMILES string of the molecule is CCOc1ccc(CN[C@H](C(=O)O)C(C)C)cc1OC. The first-order valence-electron chi connectivity index (χ1n) is 6.75. The first kappa shape index (κ1) is 16.3. The van der Waals surface area contributed by atoms with Crippen molar-refractivity contribution < 1.29 is 19.4 Å². The van der Waals surface area contributed by atoms with Gasteiger partial charge in [-0.1, -0.05) is 19.9 Å². The average molecular weight is 281 g/mol. The fourth-order valence-electron chi connectivity index (χ4n) is 1.93. The lowest BCUT2D eigenvalue weighted by atomic mass is 10.0. The molecule has 0 aliphatic heterocycles. The van der Waals surface area contributed by atoms with E-state index in [-0.39, 0.29) is 5.92 Å². The second kappa shape index (κ2) is 7.75. The molecule has 112 valence electrons. The van der Waals surface area contributed by atoms with Crippen LogP contribution in [0.2, 0.25) is 0 Å². The van der Waals surface area contributed by atoms with E-state index in [0.29, 0.717) is 24.7 Å². The van der Waals surface area contributed by atoms with Gasteiger partial charge in [0.2, 0.25) is 0 Å². The van der Waals surface area contributed by atoms with Crippen molar-refractivity contribution in [3.63, 3.8) is 0 Å². The zero-order valence-corrected chi connectivity index (χ0v) is 12.5. The third-order valence-corrected chi connectivity index (χ3v) is 2.99. The molecule has 0 aliphatic rings. The Bertz CT molecular complexity index is 445. The fourth-order valence-corrected chi connectivity index (χ4v) is 1.93. The minimum atomic E-state index is -0.835. The lowest BCUT2D eigenvalue weighted by Gasteiger charge is -2.18. The Morgan fingerprint density at radius 3 is 2.55 bits per heavy atom. The second-order valence-corrected chi connectivity index (χ2v) is 4.86. The number of carboxylic acid groups (broad SMARTS) is 1. The predicted octanol–water partition coefficient (Wildman–Crippen LogP) is 2.29. The van der Waals surface area contributed by atoms with Gasteiger partial charge >= 0.3 is 5.97 Å². The van der Waals surface area contributed by atoms with Crippen molar-refractivity contribution in [2.24, 2.45) is 5.92 Å². The monoisotopic (exact) mass is 281 g/mol. The van der Waals surface area contributed by atoms with Crippen LogP contribution in [0.5, 0.6) is 11.5 Å². The number of aliphatic carboxylic acids is 1. The van der Waals surface area contributed by atoms with Gasteiger partial charge < -0.3 is 19.9 Å². The van der Waals surface area contributed by atoms with Crippen molar-refractivity contribution in [1.29, 1.82) is 0 Å². The molecule has 0 fully saturated rings. The number of rotatable bonds is 8. The van der Waals surface area contributed by atoms with Crippen molar-refractivity contribution in [3.05, 3.63) is 23.8 Å². The topological polar surface area (TPSA) is 67.8 Å². The minimum Gasteiger partial charge on any atom is -0.493 e. The molecule has 0 aromatic heterocycles. The number of carbonyl (C=O) groups is 1. The summed E-state index contributed by atoms with van der Waals surface area (Å²) >= 11 is 0. The van der Waals surface area contributed by atoms with Gasteiger partial charge in [-0.2, -0.15) is 0 Å². The molecular formula is C15H23NO4. The largest absolute Gasteiger partial charge is 0.493 e. The number of hydrogen-bond donors (Lipinski definition) is 2. The van der Waals surface area contributed by atoms with Crippen LogP contribution < -0.4 is 14.8 Å². The second-order valence-electron chi connectivity index (χ2n) is 4.86. The maximum absolute atomic E-state index is 11.1. The lowest BCUT2D eigenvalue weighted by Crippen LogP contribution is -2.40. The van der Waals surface area contributed by atoms with Crippen LogP contribution in [-0.2, 0) is 11.3 Å². The molecule has 1 aromatic carbocycles. The lowest BCUT2D eigenvalue weighted by molar-refractivity contribution is -0.140. The molecule has 1 rings (SSSR count). The molecule has 0 spiro atoms. The van der Waals surface area contributed by atoms with Crippen molar-refractivity contribution in [2.45, 2.75) is 33.4 Å². The van der Waals surface area contributed by atoms with E-state index in [1.807, 2.05) is 39.0 Å². The maximum atomic E-state index is 11.1. The number of benzene rings is 1. The van der Waals surface area contributed by atoms with E-state index in [1.54, 1.807) is 7.11 Å². The molecule has 0 heterocycles. The molecule has 0 amide bonds.